The number of hydrogen-bond acceptors (Lipinski definition) is 2. The van der Waals surface area contributed by atoms with Gasteiger partial charge in [-0.05, 0) is 51.7 Å². The Morgan fingerprint density at radius 3 is 2.56 bits per heavy atom. The van der Waals surface area contributed by atoms with Crippen LogP contribution in [0.25, 0.3) is 0 Å². The van der Waals surface area contributed by atoms with Crippen molar-refractivity contribution in [1.82, 2.24) is 10.2 Å². The smallest absolute Gasteiger partial charge is 0.0217 e. The third-order valence-corrected chi connectivity index (χ3v) is 3.41. The molecule has 0 heterocycles. The van der Waals surface area contributed by atoms with Crippen LogP contribution in [0.5, 0.6) is 0 Å². The van der Waals surface area contributed by atoms with Crippen molar-refractivity contribution < 1.29 is 0 Å². The third kappa shape index (κ3) is 5.13. The summed E-state index contributed by atoms with van der Waals surface area (Å²) in [5, 5.41) is 3.74. The molecule has 2 atom stereocenters. The lowest BCUT2D eigenvalue weighted by molar-refractivity contribution is 0.274. The number of likely N-dealkylation sites (N-methyl/N-ethyl adjacent to an activating group) is 1. The minimum absolute atomic E-state index is 0.626. The molecule has 0 radical (unpaired) electrons. The van der Waals surface area contributed by atoms with Gasteiger partial charge in [-0.1, -0.05) is 26.0 Å². The summed E-state index contributed by atoms with van der Waals surface area (Å²) in [6.45, 7) is 6.94. The predicted octanol–water partition coefficient (Wildman–Crippen LogP) is 2.52. The SMILES string of the molecule is CC(C)C(CN(C)C)NCC1CC=CCC1. The van der Waals surface area contributed by atoms with E-state index in [1.54, 1.807) is 0 Å². The first-order valence-electron chi connectivity index (χ1n) is 6.62. The lowest BCUT2D eigenvalue weighted by atomic mass is 9.93. The molecule has 0 spiro atoms. The van der Waals surface area contributed by atoms with Crippen molar-refractivity contribution in [3.05, 3.63) is 12.2 Å². The Labute approximate surface area is 101 Å². The van der Waals surface area contributed by atoms with Gasteiger partial charge in [-0.2, -0.15) is 0 Å². The standard InChI is InChI=1S/C14H28N2/c1-12(2)14(11-16(3)4)15-10-13-8-6-5-7-9-13/h5-6,12-15H,7-11H2,1-4H3. The highest BCUT2D eigenvalue weighted by atomic mass is 15.1. The molecule has 0 aromatic heterocycles. The van der Waals surface area contributed by atoms with Gasteiger partial charge in [0, 0.05) is 12.6 Å². The van der Waals surface area contributed by atoms with E-state index in [4.69, 9.17) is 0 Å². The second kappa shape index (κ2) is 7.08. The molecule has 0 saturated heterocycles. The Kier molecular flexibility index (Phi) is 6.07. The highest BCUT2D eigenvalue weighted by molar-refractivity contribution is 4.91. The zero-order valence-corrected chi connectivity index (χ0v) is 11.4. The molecule has 94 valence electrons. The van der Waals surface area contributed by atoms with Gasteiger partial charge in [0.1, 0.15) is 0 Å². The summed E-state index contributed by atoms with van der Waals surface area (Å²) in [7, 11) is 4.31. The Bertz CT molecular complexity index is 209. The van der Waals surface area contributed by atoms with E-state index in [0.29, 0.717) is 12.0 Å². The van der Waals surface area contributed by atoms with Gasteiger partial charge in [-0.15, -0.1) is 0 Å². The Morgan fingerprint density at radius 2 is 2.06 bits per heavy atom. The summed E-state index contributed by atoms with van der Waals surface area (Å²) in [6, 6.07) is 0.626. The van der Waals surface area contributed by atoms with E-state index < -0.39 is 0 Å². The first-order chi connectivity index (χ1) is 7.59. The zero-order chi connectivity index (χ0) is 12.0. The lowest BCUT2D eigenvalue weighted by Gasteiger charge is -2.28. The normalized spacial score (nSPS) is 23.0. The van der Waals surface area contributed by atoms with Crippen LogP contribution in [0.4, 0.5) is 0 Å². The van der Waals surface area contributed by atoms with E-state index in [9.17, 15) is 0 Å². The van der Waals surface area contributed by atoms with E-state index in [0.717, 1.165) is 12.5 Å². The van der Waals surface area contributed by atoms with Gasteiger partial charge in [0.05, 0.1) is 0 Å². The molecule has 0 aliphatic heterocycles. The van der Waals surface area contributed by atoms with Gasteiger partial charge in [0.25, 0.3) is 0 Å². The molecular weight excluding hydrogens is 196 g/mol. The molecule has 1 aliphatic rings. The average molecular weight is 224 g/mol. The molecule has 0 fully saturated rings. The van der Waals surface area contributed by atoms with Crippen LogP contribution in [0.2, 0.25) is 0 Å². The molecular formula is C14H28N2. The van der Waals surface area contributed by atoms with Gasteiger partial charge in [0.15, 0.2) is 0 Å². The predicted molar refractivity (Wildman–Crippen MR) is 71.7 cm³/mol. The molecule has 2 heteroatoms. The van der Waals surface area contributed by atoms with Crippen molar-refractivity contribution >= 4 is 0 Å². The molecule has 0 saturated carbocycles. The summed E-state index contributed by atoms with van der Waals surface area (Å²) < 4.78 is 0. The van der Waals surface area contributed by atoms with Crippen LogP contribution in [0, 0.1) is 11.8 Å². The molecule has 1 N–H and O–H groups in total. The number of rotatable bonds is 6. The van der Waals surface area contributed by atoms with Crippen LogP contribution < -0.4 is 5.32 Å². The maximum Gasteiger partial charge on any atom is 0.0217 e. The molecule has 2 nitrogen and oxygen atoms in total. The van der Waals surface area contributed by atoms with Crippen LogP contribution in [0.3, 0.4) is 0 Å². The van der Waals surface area contributed by atoms with Gasteiger partial charge in [0.2, 0.25) is 0 Å². The highest BCUT2D eigenvalue weighted by Crippen LogP contribution is 2.17. The minimum atomic E-state index is 0.626. The molecule has 0 amide bonds. The maximum atomic E-state index is 3.74. The number of nitrogens with one attached hydrogen (secondary N) is 1. The second-order valence-electron chi connectivity index (χ2n) is 5.67. The molecule has 0 aromatic carbocycles. The maximum absolute atomic E-state index is 3.74. The number of nitrogens with zero attached hydrogens (tertiary/aromatic N) is 1. The van der Waals surface area contributed by atoms with Crippen molar-refractivity contribution in [1.29, 1.82) is 0 Å². The van der Waals surface area contributed by atoms with Gasteiger partial charge < -0.3 is 10.2 Å². The van der Waals surface area contributed by atoms with E-state index in [-0.39, 0.29) is 0 Å². The van der Waals surface area contributed by atoms with Gasteiger partial charge in [-0.3, -0.25) is 0 Å². The summed E-state index contributed by atoms with van der Waals surface area (Å²) in [5.41, 5.74) is 0. The Morgan fingerprint density at radius 1 is 1.31 bits per heavy atom. The van der Waals surface area contributed by atoms with Crippen LogP contribution in [0.1, 0.15) is 33.1 Å². The first kappa shape index (κ1) is 13.7. The van der Waals surface area contributed by atoms with Crippen LogP contribution in [-0.2, 0) is 0 Å². The van der Waals surface area contributed by atoms with E-state index in [1.165, 1.54) is 25.8 Å². The molecule has 1 rings (SSSR count). The molecule has 0 aromatic rings. The summed E-state index contributed by atoms with van der Waals surface area (Å²) >= 11 is 0. The fourth-order valence-corrected chi connectivity index (χ4v) is 2.26. The van der Waals surface area contributed by atoms with Crippen LogP contribution >= 0.6 is 0 Å². The fourth-order valence-electron chi connectivity index (χ4n) is 2.26. The Balaban J connectivity index is 2.28. The van der Waals surface area contributed by atoms with Crippen molar-refractivity contribution in [2.75, 3.05) is 27.2 Å². The van der Waals surface area contributed by atoms with Crippen molar-refractivity contribution in [2.24, 2.45) is 11.8 Å². The Hall–Kier alpha value is -0.340. The summed E-state index contributed by atoms with van der Waals surface area (Å²) in [4.78, 5) is 2.28. The summed E-state index contributed by atoms with van der Waals surface area (Å²) in [5.74, 6) is 1.56. The summed E-state index contributed by atoms with van der Waals surface area (Å²) in [6.07, 6.45) is 8.55. The van der Waals surface area contributed by atoms with E-state index in [1.807, 2.05) is 0 Å². The monoisotopic (exact) mass is 224 g/mol. The molecule has 0 bridgehead atoms. The van der Waals surface area contributed by atoms with Gasteiger partial charge in [-0.25, -0.2) is 0 Å². The average Bonchev–Trinajstić information content (AvgIpc) is 2.25. The van der Waals surface area contributed by atoms with Gasteiger partial charge >= 0.3 is 0 Å². The zero-order valence-electron chi connectivity index (χ0n) is 11.4. The van der Waals surface area contributed by atoms with Crippen molar-refractivity contribution in [3.8, 4) is 0 Å². The topological polar surface area (TPSA) is 15.3 Å². The van der Waals surface area contributed by atoms with Crippen LogP contribution in [-0.4, -0.2) is 38.1 Å². The number of hydrogen-bond donors (Lipinski definition) is 1. The second-order valence-corrected chi connectivity index (χ2v) is 5.67. The highest BCUT2D eigenvalue weighted by Gasteiger charge is 2.16. The fraction of sp³-hybridized carbons (Fsp3) is 0.857. The van der Waals surface area contributed by atoms with Crippen molar-refractivity contribution in [3.63, 3.8) is 0 Å². The van der Waals surface area contributed by atoms with E-state index in [2.05, 4.69) is 50.3 Å². The third-order valence-electron chi connectivity index (χ3n) is 3.41. The minimum Gasteiger partial charge on any atom is -0.312 e. The van der Waals surface area contributed by atoms with E-state index >= 15 is 0 Å². The molecule has 16 heavy (non-hydrogen) atoms. The van der Waals surface area contributed by atoms with Crippen LogP contribution in [0.15, 0.2) is 12.2 Å². The molecule has 1 aliphatic carbocycles. The lowest BCUT2D eigenvalue weighted by Crippen LogP contribution is -2.44. The largest absolute Gasteiger partial charge is 0.312 e. The molecule has 2 unspecified atom stereocenters. The quantitative estimate of drug-likeness (QED) is 0.697. The first-order valence-corrected chi connectivity index (χ1v) is 6.62. The van der Waals surface area contributed by atoms with Crippen molar-refractivity contribution in [2.45, 2.75) is 39.2 Å². The number of allylic oxidation sites excluding steroid dienone is 2.